The van der Waals surface area contributed by atoms with Crippen LogP contribution in [0.2, 0.25) is 0 Å². The number of morpholine rings is 1. The van der Waals surface area contributed by atoms with Gasteiger partial charge < -0.3 is 19.9 Å². The molecule has 1 aliphatic carbocycles. The number of thiophene rings is 1. The Hall–Kier alpha value is -2.10. The molecular weight excluding hydrogens is 398 g/mol. The maximum atomic E-state index is 5.59. The van der Waals surface area contributed by atoms with E-state index in [-0.39, 0.29) is 0 Å². The summed E-state index contributed by atoms with van der Waals surface area (Å²) in [6.07, 6.45) is 4.66. The van der Waals surface area contributed by atoms with E-state index in [1.165, 1.54) is 35.2 Å². The zero-order chi connectivity index (χ0) is 20.1. The van der Waals surface area contributed by atoms with Crippen LogP contribution in [-0.4, -0.2) is 72.4 Å². The molecule has 3 aromatic rings. The summed E-state index contributed by atoms with van der Waals surface area (Å²) < 4.78 is 6.72. The number of ether oxygens (including phenoxy) is 1. The van der Waals surface area contributed by atoms with E-state index in [9.17, 15) is 0 Å². The number of rotatable bonds is 2. The van der Waals surface area contributed by atoms with Gasteiger partial charge in [0.25, 0.3) is 0 Å². The van der Waals surface area contributed by atoms with Crippen LogP contribution in [0.4, 0.5) is 11.6 Å². The molecule has 158 valence electrons. The van der Waals surface area contributed by atoms with Gasteiger partial charge in [-0.15, -0.1) is 21.5 Å². The Morgan fingerprint density at radius 3 is 2.67 bits per heavy atom. The zero-order valence-corrected chi connectivity index (χ0v) is 18.2. The molecule has 3 aromatic heterocycles. The molecule has 3 aliphatic rings. The molecule has 0 bridgehead atoms. The molecule has 1 N–H and O–H groups in total. The van der Waals surface area contributed by atoms with E-state index >= 15 is 0 Å². The lowest BCUT2D eigenvalue weighted by Gasteiger charge is -2.32. The summed E-state index contributed by atoms with van der Waals surface area (Å²) in [6.45, 7) is 8.46. The summed E-state index contributed by atoms with van der Waals surface area (Å²) in [7, 11) is 0. The van der Waals surface area contributed by atoms with Crippen LogP contribution >= 0.6 is 11.3 Å². The van der Waals surface area contributed by atoms with Crippen molar-refractivity contribution in [1.29, 1.82) is 0 Å². The lowest BCUT2D eigenvalue weighted by Crippen LogP contribution is -2.49. The summed E-state index contributed by atoms with van der Waals surface area (Å²) in [6, 6.07) is 0.442. The second kappa shape index (κ2) is 7.55. The molecule has 2 saturated heterocycles. The Bertz CT molecular complexity index is 1090. The van der Waals surface area contributed by atoms with Gasteiger partial charge in [-0.2, -0.15) is 0 Å². The highest BCUT2D eigenvalue weighted by Gasteiger charge is 2.28. The first-order valence-corrected chi connectivity index (χ1v) is 11.9. The Morgan fingerprint density at radius 1 is 1.00 bits per heavy atom. The first kappa shape index (κ1) is 18.7. The van der Waals surface area contributed by atoms with Crippen LogP contribution in [0.3, 0.4) is 0 Å². The monoisotopic (exact) mass is 425 g/mol. The van der Waals surface area contributed by atoms with Crippen LogP contribution in [0.1, 0.15) is 30.9 Å². The predicted molar refractivity (Wildman–Crippen MR) is 120 cm³/mol. The number of hydrogen-bond acceptors (Lipinski definition) is 9. The lowest BCUT2D eigenvalue weighted by molar-refractivity contribution is 0.122. The number of anilines is 2. The fraction of sp³-hybridized carbons (Fsp3) is 0.619. The number of aryl methyl sites for hydroxylation is 1. The highest BCUT2D eigenvalue weighted by atomic mass is 32.1. The molecule has 0 aromatic carbocycles. The van der Waals surface area contributed by atoms with Crippen molar-refractivity contribution >= 4 is 43.4 Å². The van der Waals surface area contributed by atoms with Crippen LogP contribution in [0.15, 0.2) is 0 Å². The van der Waals surface area contributed by atoms with Gasteiger partial charge in [0.05, 0.1) is 13.2 Å². The van der Waals surface area contributed by atoms with Crippen LogP contribution in [0.25, 0.3) is 20.4 Å². The van der Waals surface area contributed by atoms with Crippen LogP contribution < -0.4 is 15.1 Å². The Kier molecular flexibility index (Phi) is 4.69. The number of hydrogen-bond donors (Lipinski definition) is 1. The van der Waals surface area contributed by atoms with Crippen molar-refractivity contribution in [3.8, 4) is 0 Å². The summed E-state index contributed by atoms with van der Waals surface area (Å²) in [5.41, 5.74) is 3.86. The Labute approximate surface area is 179 Å². The van der Waals surface area contributed by atoms with Crippen molar-refractivity contribution < 1.29 is 4.74 Å². The smallest absolute Gasteiger partial charge is 0.172 e. The molecule has 2 fully saturated rings. The quantitative estimate of drug-likeness (QED) is 0.669. The zero-order valence-electron chi connectivity index (χ0n) is 17.4. The van der Waals surface area contributed by atoms with Crippen molar-refractivity contribution in [3.63, 3.8) is 0 Å². The van der Waals surface area contributed by atoms with Crippen molar-refractivity contribution in [2.24, 2.45) is 0 Å². The highest BCUT2D eigenvalue weighted by Crippen LogP contribution is 2.43. The van der Waals surface area contributed by atoms with Gasteiger partial charge >= 0.3 is 0 Å². The van der Waals surface area contributed by atoms with Gasteiger partial charge in [0.1, 0.15) is 20.9 Å². The first-order chi connectivity index (χ1) is 14.8. The van der Waals surface area contributed by atoms with Crippen molar-refractivity contribution in [2.75, 3.05) is 55.7 Å². The number of nitrogens with one attached hydrogen (secondary N) is 1. The summed E-state index contributed by atoms with van der Waals surface area (Å²) in [5, 5.41) is 17.9. The number of piperazine rings is 1. The summed E-state index contributed by atoms with van der Waals surface area (Å²) in [4.78, 5) is 11.1. The minimum absolute atomic E-state index is 0.442. The van der Waals surface area contributed by atoms with Gasteiger partial charge in [0.2, 0.25) is 0 Å². The normalized spacial score (nSPS) is 22.6. The van der Waals surface area contributed by atoms with Crippen molar-refractivity contribution in [3.05, 3.63) is 11.1 Å². The molecule has 9 heteroatoms. The second-order valence-corrected chi connectivity index (χ2v) is 9.57. The molecule has 30 heavy (non-hydrogen) atoms. The van der Waals surface area contributed by atoms with Gasteiger partial charge in [-0.25, -0.2) is 4.98 Å². The Morgan fingerprint density at radius 2 is 1.83 bits per heavy atom. The largest absolute Gasteiger partial charge is 0.378 e. The first-order valence-electron chi connectivity index (χ1n) is 11.1. The fourth-order valence-corrected chi connectivity index (χ4v) is 6.27. The van der Waals surface area contributed by atoms with Crippen molar-refractivity contribution in [1.82, 2.24) is 25.7 Å². The molecule has 0 radical (unpaired) electrons. The minimum Gasteiger partial charge on any atom is -0.378 e. The van der Waals surface area contributed by atoms with Gasteiger partial charge in [-0.05, 0) is 48.9 Å². The topological polar surface area (TPSA) is 79.3 Å². The van der Waals surface area contributed by atoms with E-state index in [1.54, 1.807) is 11.3 Å². The minimum atomic E-state index is 0.442. The molecule has 1 atom stereocenters. The van der Waals surface area contributed by atoms with Crippen LogP contribution in [0.5, 0.6) is 0 Å². The number of pyridine rings is 1. The van der Waals surface area contributed by atoms with E-state index in [0.717, 1.165) is 79.6 Å². The SMILES string of the molecule is CC1CN(c2nnnc3c2sc2nc(N4CCOCC4)c4c(c23)CCCC4)CCN1. The molecule has 5 heterocycles. The molecular formula is C21H27N7OS. The maximum Gasteiger partial charge on any atom is 0.172 e. The van der Waals surface area contributed by atoms with Gasteiger partial charge in [0, 0.05) is 44.2 Å². The molecule has 0 spiro atoms. The van der Waals surface area contributed by atoms with Crippen LogP contribution in [0, 0.1) is 0 Å². The van der Waals surface area contributed by atoms with Crippen molar-refractivity contribution in [2.45, 2.75) is 38.6 Å². The standard InChI is InChI=1S/C21H27N7OS/c1-13-12-28(7-6-22-13)20-18-17(24-26-25-20)16-14-4-2-3-5-15(14)19(23-21(16)30-18)27-8-10-29-11-9-27/h13,22H,2-12H2,1H3. The molecule has 0 amide bonds. The van der Waals surface area contributed by atoms with Gasteiger partial charge in [-0.1, -0.05) is 0 Å². The van der Waals surface area contributed by atoms with Crippen LogP contribution in [-0.2, 0) is 17.6 Å². The third-order valence-corrected chi connectivity index (χ3v) is 7.65. The molecule has 6 rings (SSSR count). The molecule has 0 saturated carbocycles. The second-order valence-electron chi connectivity index (χ2n) is 8.57. The average Bonchev–Trinajstić information content (AvgIpc) is 3.18. The number of aromatic nitrogens is 4. The third-order valence-electron chi connectivity index (χ3n) is 6.58. The number of nitrogens with zero attached hydrogens (tertiary/aromatic N) is 6. The number of fused-ring (bicyclic) bond motifs is 5. The van der Waals surface area contributed by atoms with E-state index in [0.29, 0.717) is 6.04 Å². The molecule has 8 nitrogen and oxygen atoms in total. The van der Waals surface area contributed by atoms with E-state index < -0.39 is 0 Å². The molecule has 2 aliphatic heterocycles. The maximum absolute atomic E-state index is 5.59. The van der Waals surface area contributed by atoms with E-state index in [4.69, 9.17) is 9.72 Å². The van der Waals surface area contributed by atoms with E-state index in [1.807, 2.05) is 0 Å². The highest BCUT2D eigenvalue weighted by molar-refractivity contribution is 7.26. The lowest BCUT2D eigenvalue weighted by atomic mass is 9.90. The molecule has 1 unspecified atom stereocenters. The summed E-state index contributed by atoms with van der Waals surface area (Å²) in [5.74, 6) is 2.14. The summed E-state index contributed by atoms with van der Waals surface area (Å²) >= 11 is 1.74. The van der Waals surface area contributed by atoms with Gasteiger partial charge in [-0.3, -0.25) is 0 Å². The predicted octanol–water partition coefficient (Wildman–Crippen LogP) is 2.15. The van der Waals surface area contributed by atoms with Gasteiger partial charge in [0.15, 0.2) is 5.82 Å². The van der Waals surface area contributed by atoms with E-state index in [2.05, 4.69) is 37.5 Å². The fourth-order valence-electron chi connectivity index (χ4n) is 5.12. The average molecular weight is 426 g/mol. The third kappa shape index (κ3) is 3.02. The Balaban J connectivity index is 1.55.